The van der Waals surface area contributed by atoms with Crippen LogP contribution < -0.4 is 5.32 Å². The molecule has 4 heteroatoms. The van der Waals surface area contributed by atoms with E-state index in [9.17, 15) is 8.78 Å². The molecule has 0 fully saturated rings. The van der Waals surface area contributed by atoms with Crippen LogP contribution in [-0.4, -0.2) is 18.7 Å². The first kappa shape index (κ1) is 10.9. The molecular weight excluding hydrogens is 188 g/mol. The minimum atomic E-state index is -2.89. The van der Waals surface area contributed by atoms with Crippen LogP contribution in [-0.2, 0) is 5.92 Å². The summed E-state index contributed by atoms with van der Waals surface area (Å²) in [6, 6.07) is 5.20. The van der Waals surface area contributed by atoms with Gasteiger partial charge in [-0.05, 0) is 19.2 Å². The normalized spacial score (nSPS) is 11.6. The van der Waals surface area contributed by atoms with Crippen molar-refractivity contribution < 1.29 is 13.9 Å². The molecule has 0 aliphatic carbocycles. The molecule has 0 saturated carbocycles. The van der Waals surface area contributed by atoms with Gasteiger partial charge in [0.05, 0.1) is 0 Å². The summed E-state index contributed by atoms with van der Waals surface area (Å²) < 4.78 is 26.7. The minimum Gasteiger partial charge on any atom is -0.508 e. The number of halogens is 2. The van der Waals surface area contributed by atoms with E-state index in [1.54, 1.807) is 7.05 Å². The monoisotopic (exact) mass is 201 g/mol. The Hall–Kier alpha value is -1.16. The van der Waals surface area contributed by atoms with Gasteiger partial charge in [-0.15, -0.1) is 0 Å². The number of nitrogens with one attached hydrogen (secondary N) is 1. The van der Waals surface area contributed by atoms with Crippen LogP contribution in [0.25, 0.3) is 0 Å². The predicted molar refractivity (Wildman–Crippen MR) is 50.5 cm³/mol. The number of aromatic hydroxyl groups is 1. The van der Waals surface area contributed by atoms with Gasteiger partial charge in [0.15, 0.2) is 0 Å². The van der Waals surface area contributed by atoms with Crippen molar-refractivity contribution in [3.63, 3.8) is 0 Å². The first-order valence-electron chi connectivity index (χ1n) is 4.38. The van der Waals surface area contributed by atoms with Gasteiger partial charge >= 0.3 is 0 Å². The molecule has 0 saturated heterocycles. The Morgan fingerprint density at radius 2 is 2.14 bits per heavy atom. The largest absolute Gasteiger partial charge is 0.508 e. The zero-order valence-corrected chi connectivity index (χ0v) is 7.93. The van der Waals surface area contributed by atoms with E-state index in [-0.39, 0.29) is 24.3 Å². The molecule has 0 atom stereocenters. The van der Waals surface area contributed by atoms with Gasteiger partial charge in [0.25, 0.3) is 5.92 Å². The number of benzene rings is 1. The lowest BCUT2D eigenvalue weighted by atomic mass is 10.1. The number of alkyl halides is 2. The Morgan fingerprint density at radius 3 is 2.71 bits per heavy atom. The lowest BCUT2D eigenvalue weighted by molar-refractivity contribution is -0.0125. The first-order valence-corrected chi connectivity index (χ1v) is 4.38. The summed E-state index contributed by atoms with van der Waals surface area (Å²) in [7, 11) is 1.62. The first-order chi connectivity index (χ1) is 6.56. The van der Waals surface area contributed by atoms with Gasteiger partial charge in [0, 0.05) is 18.5 Å². The van der Waals surface area contributed by atoms with Crippen molar-refractivity contribution in [1.82, 2.24) is 5.32 Å². The third-order valence-electron chi connectivity index (χ3n) is 1.96. The molecule has 14 heavy (non-hydrogen) atoms. The molecule has 0 amide bonds. The number of hydrogen-bond donors (Lipinski definition) is 2. The molecule has 0 radical (unpaired) electrons. The van der Waals surface area contributed by atoms with Crippen LogP contribution in [0.5, 0.6) is 5.75 Å². The third kappa shape index (κ3) is 2.67. The number of hydrogen-bond acceptors (Lipinski definition) is 2. The topological polar surface area (TPSA) is 32.3 Å². The highest BCUT2D eigenvalue weighted by atomic mass is 19.3. The van der Waals surface area contributed by atoms with Crippen LogP contribution in [0.3, 0.4) is 0 Å². The minimum absolute atomic E-state index is 0.133. The van der Waals surface area contributed by atoms with Crippen LogP contribution >= 0.6 is 0 Å². The molecule has 2 N–H and O–H groups in total. The summed E-state index contributed by atoms with van der Waals surface area (Å²) in [6.07, 6.45) is -0.271. The second-order valence-electron chi connectivity index (χ2n) is 3.11. The van der Waals surface area contributed by atoms with Crippen molar-refractivity contribution in [3.8, 4) is 5.75 Å². The Bertz CT molecular complexity index is 302. The fourth-order valence-electron chi connectivity index (χ4n) is 1.16. The standard InChI is InChI=1S/C10H13F2NO/c1-13-6-5-10(11,12)8-3-2-4-9(14)7-8/h2-4,7,13-14H,5-6H2,1H3. The molecular formula is C10H13F2NO. The SMILES string of the molecule is CNCCC(F)(F)c1cccc(O)c1. The Morgan fingerprint density at radius 1 is 1.43 bits per heavy atom. The summed E-state index contributed by atoms with van der Waals surface area (Å²) in [5.41, 5.74) is -0.146. The van der Waals surface area contributed by atoms with Gasteiger partial charge in [-0.25, -0.2) is 8.78 Å². The second-order valence-corrected chi connectivity index (χ2v) is 3.11. The summed E-state index contributed by atoms with van der Waals surface area (Å²) in [5, 5.41) is 11.7. The maximum absolute atomic E-state index is 13.4. The van der Waals surface area contributed by atoms with E-state index < -0.39 is 5.92 Å². The Labute approximate surface area is 81.6 Å². The highest BCUT2D eigenvalue weighted by Crippen LogP contribution is 2.32. The molecule has 2 nitrogen and oxygen atoms in total. The van der Waals surface area contributed by atoms with Crippen LogP contribution in [0.15, 0.2) is 24.3 Å². The lowest BCUT2D eigenvalue weighted by Gasteiger charge is -2.16. The Balaban J connectivity index is 2.80. The average molecular weight is 201 g/mol. The molecule has 0 spiro atoms. The second kappa shape index (κ2) is 4.37. The Kier molecular flexibility index (Phi) is 3.41. The average Bonchev–Trinajstić information content (AvgIpc) is 2.15. The molecule has 0 bridgehead atoms. The predicted octanol–water partition coefficient (Wildman–Crippen LogP) is 2.09. The highest BCUT2D eigenvalue weighted by molar-refractivity contribution is 5.30. The summed E-state index contributed by atoms with van der Waals surface area (Å²) in [4.78, 5) is 0. The van der Waals surface area contributed by atoms with Crippen molar-refractivity contribution >= 4 is 0 Å². The van der Waals surface area contributed by atoms with Crippen LogP contribution in [0, 0.1) is 0 Å². The molecule has 0 aromatic heterocycles. The van der Waals surface area contributed by atoms with E-state index in [2.05, 4.69) is 5.32 Å². The van der Waals surface area contributed by atoms with Gasteiger partial charge in [-0.3, -0.25) is 0 Å². The zero-order chi connectivity index (χ0) is 10.6. The van der Waals surface area contributed by atoms with Crippen molar-refractivity contribution in [1.29, 1.82) is 0 Å². The molecule has 0 aliphatic heterocycles. The van der Waals surface area contributed by atoms with E-state index in [0.29, 0.717) is 0 Å². The van der Waals surface area contributed by atoms with Gasteiger partial charge in [-0.1, -0.05) is 12.1 Å². The third-order valence-corrected chi connectivity index (χ3v) is 1.96. The van der Waals surface area contributed by atoms with E-state index in [0.717, 1.165) is 6.07 Å². The lowest BCUT2D eigenvalue weighted by Crippen LogP contribution is -2.20. The molecule has 0 unspecified atom stereocenters. The number of phenols is 1. The fraction of sp³-hybridized carbons (Fsp3) is 0.400. The van der Waals surface area contributed by atoms with Gasteiger partial charge in [-0.2, -0.15) is 0 Å². The molecule has 1 rings (SSSR count). The van der Waals surface area contributed by atoms with Crippen LogP contribution in [0.1, 0.15) is 12.0 Å². The summed E-state index contributed by atoms with van der Waals surface area (Å²) in [6.45, 7) is 0.239. The summed E-state index contributed by atoms with van der Waals surface area (Å²) >= 11 is 0. The van der Waals surface area contributed by atoms with E-state index in [4.69, 9.17) is 5.11 Å². The van der Waals surface area contributed by atoms with Crippen molar-refractivity contribution in [3.05, 3.63) is 29.8 Å². The highest BCUT2D eigenvalue weighted by Gasteiger charge is 2.30. The maximum atomic E-state index is 13.4. The van der Waals surface area contributed by atoms with E-state index in [1.165, 1.54) is 18.2 Å². The van der Waals surface area contributed by atoms with Gasteiger partial charge in [0.1, 0.15) is 5.75 Å². The molecule has 1 aromatic carbocycles. The van der Waals surface area contributed by atoms with Gasteiger partial charge < -0.3 is 10.4 Å². The maximum Gasteiger partial charge on any atom is 0.274 e. The number of rotatable bonds is 4. The van der Waals surface area contributed by atoms with E-state index in [1.807, 2.05) is 0 Å². The van der Waals surface area contributed by atoms with Crippen molar-refractivity contribution in [2.75, 3.05) is 13.6 Å². The molecule has 0 aliphatic rings. The summed E-state index contributed by atoms with van der Waals surface area (Å²) in [5.74, 6) is -3.02. The van der Waals surface area contributed by atoms with Crippen molar-refractivity contribution in [2.45, 2.75) is 12.3 Å². The fourth-order valence-corrected chi connectivity index (χ4v) is 1.16. The van der Waals surface area contributed by atoms with Gasteiger partial charge in [0.2, 0.25) is 0 Å². The molecule has 1 aromatic rings. The smallest absolute Gasteiger partial charge is 0.274 e. The van der Waals surface area contributed by atoms with E-state index >= 15 is 0 Å². The molecule has 78 valence electrons. The number of phenolic OH excluding ortho intramolecular Hbond substituents is 1. The zero-order valence-electron chi connectivity index (χ0n) is 7.93. The van der Waals surface area contributed by atoms with Crippen LogP contribution in [0.4, 0.5) is 8.78 Å². The quantitative estimate of drug-likeness (QED) is 0.781. The molecule has 0 heterocycles. The van der Waals surface area contributed by atoms with Crippen LogP contribution in [0.2, 0.25) is 0 Å². The van der Waals surface area contributed by atoms with Crippen molar-refractivity contribution in [2.24, 2.45) is 0 Å².